The fourth-order valence-corrected chi connectivity index (χ4v) is 2.98. The molecule has 1 aromatic carbocycles. The summed E-state index contributed by atoms with van der Waals surface area (Å²) in [6, 6.07) is 6.88. The van der Waals surface area contributed by atoms with E-state index in [1.165, 1.54) is 18.4 Å². The summed E-state index contributed by atoms with van der Waals surface area (Å²) in [6.45, 7) is 4.49. The van der Waals surface area contributed by atoms with Crippen molar-refractivity contribution in [2.75, 3.05) is 20.6 Å². The van der Waals surface area contributed by atoms with Gasteiger partial charge in [0.15, 0.2) is 0 Å². The molecule has 1 aromatic rings. The van der Waals surface area contributed by atoms with Crippen LogP contribution in [-0.2, 0) is 10.0 Å². The summed E-state index contributed by atoms with van der Waals surface area (Å²) in [4.78, 5) is 0.285. The molecule has 0 radical (unpaired) electrons. The molecule has 0 heterocycles. The van der Waals surface area contributed by atoms with Crippen LogP contribution in [0.25, 0.3) is 0 Å². The summed E-state index contributed by atoms with van der Waals surface area (Å²) in [5.41, 5.74) is 0.890. The molecule has 6 heteroatoms. The van der Waals surface area contributed by atoms with E-state index in [2.05, 4.69) is 5.32 Å². The molecule has 2 atom stereocenters. The van der Waals surface area contributed by atoms with Gasteiger partial charge in [0.1, 0.15) is 0 Å². The lowest BCUT2D eigenvalue weighted by atomic mass is 10.1. The van der Waals surface area contributed by atoms with Crippen molar-refractivity contribution in [2.24, 2.45) is 0 Å². The Balaban J connectivity index is 2.81. The molecule has 0 amide bonds. The Morgan fingerprint density at radius 2 is 2.00 bits per heavy atom. The van der Waals surface area contributed by atoms with E-state index in [1.807, 2.05) is 19.9 Å². The molecule has 2 N–H and O–H groups in total. The standard InChI is InChI=1S/C15H26N2O3S/c1-5-7-14(18)11-16-12(2)13-8-6-9-15(10-13)21(19,20)17(3)4/h6,8-10,12,14,16,18H,5,7,11H2,1-4H3. The Labute approximate surface area is 128 Å². The monoisotopic (exact) mass is 314 g/mol. The number of nitrogens with one attached hydrogen (secondary N) is 1. The summed E-state index contributed by atoms with van der Waals surface area (Å²) < 4.78 is 25.5. The third-order valence-corrected chi connectivity index (χ3v) is 5.23. The average Bonchev–Trinajstić information content (AvgIpc) is 2.45. The van der Waals surface area contributed by atoms with Crippen LogP contribution in [0.3, 0.4) is 0 Å². The van der Waals surface area contributed by atoms with Gasteiger partial charge in [0.05, 0.1) is 11.0 Å². The van der Waals surface area contributed by atoms with Gasteiger partial charge < -0.3 is 10.4 Å². The second-order valence-corrected chi connectivity index (χ2v) is 7.58. The first-order valence-corrected chi connectivity index (χ1v) is 8.67. The quantitative estimate of drug-likeness (QED) is 0.767. The van der Waals surface area contributed by atoms with Crippen molar-refractivity contribution < 1.29 is 13.5 Å². The zero-order chi connectivity index (χ0) is 16.0. The van der Waals surface area contributed by atoms with Crippen molar-refractivity contribution in [3.63, 3.8) is 0 Å². The Kier molecular flexibility index (Phi) is 6.80. The molecule has 0 aliphatic carbocycles. The van der Waals surface area contributed by atoms with Crippen molar-refractivity contribution in [1.29, 1.82) is 0 Å². The Bertz CT molecular complexity index is 544. The second-order valence-electron chi connectivity index (χ2n) is 5.43. The zero-order valence-corrected chi connectivity index (χ0v) is 14.0. The smallest absolute Gasteiger partial charge is 0.242 e. The van der Waals surface area contributed by atoms with Crippen LogP contribution in [0.5, 0.6) is 0 Å². The maximum atomic E-state index is 12.1. The van der Waals surface area contributed by atoms with Crippen LogP contribution >= 0.6 is 0 Å². The molecular formula is C15H26N2O3S. The highest BCUT2D eigenvalue weighted by atomic mass is 32.2. The molecule has 0 aromatic heterocycles. The molecule has 2 unspecified atom stereocenters. The van der Waals surface area contributed by atoms with E-state index >= 15 is 0 Å². The van der Waals surface area contributed by atoms with Gasteiger partial charge in [0.25, 0.3) is 0 Å². The van der Waals surface area contributed by atoms with Gasteiger partial charge in [0.2, 0.25) is 10.0 Å². The first-order valence-electron chi connectivity index (χ1n) is 7.23. The third kappa shape index (κ3) is 5.07. The minimum Gasteiger partial charge on any atom is -0.392 e. The van der Waals surface area contributed by atoms with Crippen molar-refractivity contribution in [3.05, 3.63) is 29.8 Å². The first-order chi connectivity index (χ1) is 9.78. The third-order valence-electron chi connectivity index (χ3n) is 3.42. The molecule has 0 bridgehead atoms. The molecule has 1 rings (SSSR count). The molecule has 120 valence electrons. The highest BCUT2D eigenvalue weighted by molar-refractivity contribution is 7.89. The lowest BCUT2D eigenvalue weighted by Crippen LogP contribution is -2.29. The van der Waals surface area contributed by atoms with Crippen LogP contribution in [0.4, 0.5) is 0 Å². The van der Waals surface area contributed by atoms with Crippen molar-refractivity contribution in [2.45, 2.75) is 43.7 Å². The second kappa shape index (κ2) is 7.89. The summed E-state index contributed by atoms with van der Waals surface area (Å²) in [6.07, 6.45) is 1.33. The summed E-state index contributed by atoms with van der Waals surface area (Å²) in [7, 11) is -0.379. The van der Waals surface area contributed by atoms with E-state index in [4.69, 9.17) is 0 Å². The topological polar surface area (TPSA) is 69.6 Å². The van der Waals surface area contributed by atoms with Crippen molar-refractivity contribution in [1.82, 2.24) is 9.62 Å². The van der Waals surface area contributed by atoms with E-state index in [0.717, 1.165) is 18.4 Å². The Morgan fingerprint density at radius 3 is 2.57 bits per heavy atom. The lowest BCUT2D eigenvalue weighted by Gasteiger charge is -2.18. The predicted octanol–water partition coefficient (Wildman–Crippen LogP) is 1.75. The molecule has 0 aliphatic rings. The van der Waals surface area contributed by atoms with E-state index in [0.29, 0.717) is 6.54 Å². The number of nitrogens with zero attached hydrogens (tertiary/aromatic N) is 1. The summed E-state index contributed by atoms with van der Waals surface area (Å²) in [5, 5.41) is 13.0. The molecule has 21 heavy (non-hydrogen) atoms. The average molecular weight is 314 g/mol. The van der Waals surface area contributed by atoms with Gasteiger partial charge >= 0.3 is 0 Å². The van der Waals surface area contributed by atoms with Crippen molar-refractivity contribution in [3.8, 4) is 0 Å². The predicted molar refractivity (Wildman–Crippen MR) is 84.6 cm³/mol. The van der Waals surface area contributed by atoms with Crippen molar-refractivity contribution >= 4 is 10.0 Å². The molecule has 0 aliphatic heterocycles. The number of aliphatic hydroxyl groups excluding tert-OH is 1. The van der Waals surface area contributed by atoms with Crippen LogP contribution in [0.1, 0.15) is 38.3 Å². The van der Waals surface area contributed by atoms with Crippen LogP contribution < -0.4 is 5.32 Å². The number of hydrogen-bond acceptors (Lipinski definition) is 4. The SMILES string of the molecule is CCCC(O)CNC(C)c1cccc(S(=O)(=O)N(C)C)c1. The molecule has 0 saturated heterocycles. The van der Waals surface area contributed by atoms with E-state index in [-0.39, 0.29) is 17.0 Å². The Morgan fingerprint density at radius 1 is 1.33 bits per heavy atom. The largest absolute Gasteiger partial charge is 0.392 e. The van der Waals surface area contributed by atoms with Crippen LogP contribution in [0, 0.1) is 0 Å². The van der Waals surface area contributed by atoms with Gasteiger partial charge in [-0.3, -0.25) is 0 Å². The molecule has 0 fully saturated rings. The van der Waals surface area contributed by atoms with E-state index < -0.39 is 10.0 Å². The first kappa shape index (κ1) is 18.1. The normalized spacial score (nSPS) is 15.1. The summed E-state index contributed by atoms with van der Waals surface area (Å²) >= 11 is 0. The molecule has 0 saturated carbocycles. The van der Waals surface area contributed by atoms with Gasteiger partial charge in [0, 0.05) is 26.7 Å². The number of sulfonamides is 1. The van der Waals surface area contributed by atoms with E-state index in [9.17, 15) is 13.5 Å². The Hall–Kier alpha value is -0.950. The molecular weight excluding hydrogens is 288 g/mol. The maximum Gasteiger partial charge on any atom is 0.242 e. The van der Waals surface area contributed by atoms with Crippen LogP contribution in [0.2, 0.25) is 0 Å². The zero-order valence-electron chi connectivity index (χ0n) is 13.2. The molecule has 0 spiro atoms. The van der Waals surface area contributed by atoms with Crippen LogP contribution in [-0.4, -0.2) is 44.6 Å². The minimum atomic E-state index is -3.42. The van der Waals surface area contributed by atoms with E-state index in [1.54, 1.807) is 18.2 Å². The lowest BCUT2D eigenvalue weighted by molar-refractivity contribution is 0.157. The van der Waals surface area contributed by atoms with Gasteiger partial charge in [-0.1, -0.05) is 25.5 Å². The number of rotatable bonds is 8. The van der Waals surface area contributed by atoms with Gasteiger partial charge in [-0.15, -0.1) is 0 Å². The van der Waals surface area contributed by atoms with Crippen LogP contribution in [0.15, 0.2) is 29.2 Å². The highest BCUT2D eigenvalue weighted by Gasteiger charge is 2.18. The minimum absolute atomic E-state index is 0.0196. The number of hydrogen-bond donors (Lipinski definition) is 2. The van der Waals surface area contributed by atoms with Gasteiger partial charge in [-0.25, -0.2) is 12.7 Å². The summed E-state index contributed by atoms with van der Waals surface area (Å²) in [5.74, 6) is 0. The van der Waals surface area contributed by atoms with Gasteiger partial charge in [-0.05, 0) is 31.0 Å². The number of aliphatic hydroxyl groups is 1. The highest BCUT2D eigenvalue weighted by Crippen LogP contribution is 2.19. The number of benzene rings is 1. The maximum absolute atomic E-state index is 12.1. The fraction of sp³-hybridized carbons (Fsp3) is 0.600. The molecule has 5 nitrogen and oxygen atoms in total. The fourth-order valence-electron chi connectivity index (χ4n) is 2.02. The van der Waals surface area contributed by atoms with Gasteiger partial charge in [-0.2, -0.15) is 0 Å².